The van der Waals surface area contributed by atoms with Crippen LogP contribution in [0.3, 0.4) is 0 Å². The molecule has 0 aliphatic carbocycles. The highest BCUT2D eigenvalue weighted by molar-refractivity contribution is 6.04. The third-order valence-corrected chi connectivity index (χ3v) is 6.91. The Labute approximate surface area is 246 Å². The van der Waals surface area contributed by atoms with Crippen LogP contribution < -0.4 is 26.4 Å². The van der Waals surface area contributed by atoms with E-state index in [1.807, 2.05) is 54.7 Å². The van der Waals surface area contributed by atoms with Crippen LogP contribution in [-0.2, 0) is 4.79 Å². The summed E-state index contributed by atoms with van der Waals surface area (Å²) in [5.41, 5.74) is 8.60. The third kappa shape index (κ3) is 7.94. The topological polar surface area (TPSA) is 136 Å². The van der Waals surface area contributed by atoms with Gasteiger partial charge in [0.2, 0.25) is 11.8 Å². The molecule has 220 valence electrons. The molecule has 0 radical (unpaired) electrons. The van der Waals surface area contributed by atoms with Crippen LogP contribution in [0.15, 0.2) is 79.5 Å². The molecular formula is C32H39N7O3. The Bertz CT molecular complexity index is 1540. The van der Waals surface area contributed by atoms with Gasteiger partial charge in [0.25, 0.3) is 5.91 Å². The molecule has 1 aliphatic rings. The van der Waals surface area contributed by atoms with E-state index in [2.05, 4.69) is 61.1 Å². The molecule has 1 unspecified atom stereocenters. The SMILES string of the molecule is C=CC(N)=O.CC(C)c1cnn2c(Nc3cccc(NC(=O)c4ccccc4)c3)cc(OC3CCC(C)(C)NC3)nc12. The fourth-order valence-corrected chi connectivity index (χ4v) is 4.50. The van der Waals surface area contributed by atoms with E-state index >= 15 is 0 Å². The van der Waals surface area contributed by atoms with E-state index in [4.69, 9.17) is 9.72 Å². The Morgan fingerprint density at radius 2 is 1.86 bits per heavy atom. The highest BCUT2D eigenvalue weighted by atomic mass is 16.5. The normalized spacial score (nSPS) is 15.8. The molecule has 1 aliphatic heterocycles. The maximum absolute atomic E-state index is 12.6. The van der Waals surface area contributed by atoms with Crippen LogP contribution in [0.2, 0.25) is 0 Å². The lowest BCUT2D eigenvalue weighted by Crippen LogP contribution is -2.50. The van der Waals surface area contributed by atoms with E-state index in [0.29, 0.717) is 17.1 Å². The van der Waals surface area contributed by atoms with Gasteiger partial charge in [-0.3, -0.25) is 9.59 Å². The van der Waals surface area contributed by atoms with Gasteiger partial charge in [0.1, 0.15) is 11.9 Å². The Morgan fingerprint density at radius 1 is 1.14 bits per heavy atom. The number of amides is 2. The molecule has 2 amide bonds. The lowest BCUT2D eigenvalue weighted by atomic mass is 9.92. The van der Waals surface area contributed by atoms with Gasteiger partial charge in [-0.05, 0) is 69.0 Å². The third-order valence-electron chi connectivity index (χ3n) is 6.91. The van der Waals surface area contributed by atoms with Crippen LogP contribution in [0.4, 0.5) is 17.2 Å². The molecule has 2 aromatic carbocycles. The Hall–Kier alpha value is -4.70. The molecule has 0 bridgehead atoms. The molecule has 5 rings (SSSR count). The second kappa shape index (κ2) is 13.3. The van der Waals surface area contributed by atoms with Gasteiger partial charge in [-0.15, -0.1) is 0 Å². The van der Waals surface area contributed by atoms with E-state index in [-0.39, 0.29) is 23.5 Å². The number of rotatable bonds is 8. The lowest BCUT2D eigenvalue weighted by Gasteiger charge is -2.35. The second-order valence-electron chi connectivity index (χ2n) is 11.1. The molecule has 42 heavy (non-hydrogen) atoms. The maximum atomic E-state index is 12.6. The minimum absolute atomic E-state index is 0.0535. The molecule has 0 spiro atoms. The fourth-order valence-electron chi connectivity index (χ4n) is 4.50. The smallest absolute Gasteiger partial charge is 0.255 e. The van der Waals surface area contributed by atoms with Crippen LogP contribution >= 0.6 is 0 Å². The number of nitrogens with zero attached hydrogens (tertiary/aromatic N) is 3. The van der Waals surface area contributed by atoms with Crippen molar-refractivity contribution >= 4 is 34.7 Å². The molecule has 5 N–H and O–H groups in total. The van der Waals surface area contributed by atoms with Crippen molar-refractivity contribution in [3.05, 3.63) is 90.6 Å². The van der Waals surface area contributed by atoms with Crippen molar-refractivity contribution < 1.29 is 14.3 Å². The number of nitrogens with one attached hydrogen (secondary N) is 3. The van der Waals surface area contributed by atoms with Crippen molar-refractivity contribution in [2.75, 3.05) is 17.2 Å². The van der Waals surface area contributed by atoms with Gasteiger partial charge in [-0.25, -0.2) is 0 Å². The first kappa shape index (κ1) is 30.3. The van der Waals surface area contributed by atoms with E-state index in [9.17, 15) is 9.59 Å². The van der Waals surface area contributed by atoms with Crippen LogP contribution in [-0.4, -0.2) is 44.6 Å². The Morgan fingerprint density at radius 3 is 2.50 bits per heavy atom. The van der Waals surface area contributed by atoms with Gasteiger partial charge in [0, 0.05) is 40.7 Å². The average molecular weight is 570 g/mol. The van der Waals surface area contributed by atoms with Crippen LogP contribution in [0, 0.1) is 0 Å². The zero-order valence-electron chi connectivity index (χ0n) is 24.6. The first-order valence-electron chi connectivity index (χ1n) is 14.0. The van der Waals surface area contributed by atoms with Crippen LogP contribution in [0.5, 0.6) is 5.88 Å². The summed E-state index contributed by atoms with van der Waals surface area (Å²) in [5, 5.41) is 14.6. The highest BCUT2D eigenvalue weighted by Crippen LogP contribution is 2.29. The number of hydrogen-bond donors (Lipinski definition) is 4. The van der Waals surface area contributed by atoms with Gasteiger partial charge in [0.05, 0.1) is 6.20 Å². The van der Waals surface area contributed by atoms with Gasteiger partial charge in [-0.1, -0.05) is 44.7 Å². The number of piperidine rings is 1. The quantitative estimate of drug-likeness (QED) is 0.208. The highest BCUT2D eigenvalue weighted by Gasteiger charge is 2.27. The summed E-state index contributed by atoms with van der Waals surface area (Å²) in [6.45, 7) is 12.6. The lowest BCUT2D eigenvalue weighted by molar-refractivity contribution is -0.113. The van der Waals surface area contributed by atoms with Crippen LogP contribution in [0.25, 0.3) is 5.65 Å². The fraction of sp³-hybridized carbons (Fsp3) is 0.312. The molecule has 10 heteroatoms. The summed E-state index contributed by atoms with van der Waals surface area (Å²) in [4.78, 5) is 26.9. The molecule has 3 heterocycles. The average Bonchev–Trinajstić information content (AvgIpc) is 3.40. The van der Waals surface area contributed by atoms with E-state index < -0.39 is 5.91 Å². The molecule has 1 fully saturated rings. The van der Waals surface area contributed by atoms with Gasteiger partial charge in [0.15, 0.2) is 5.65 Å². The van der Waals surface area contributed by atoms with E-state index in [1.54, 1.807) is 16.6 Å². The number of anilines is 3. The number of benzene rings is 2. The number of ether oxygens (including phenoxy) is 1. The standard InChI is InChI=1S/C29H34N6O2.C3H5NO/c1-19(2)24-18-31-35-25(16-26(34-27(24)35)37-23-13-14-29(3,4)30-17-23)32-21-11-8-12-22(15-21)33-28(36)20-9-6-5-7-10-20;1-2-3(4)5/h5-12,15-16,18-19,23,30,32H,13-14,17H2,1-4H3,(H,33,36);2H,1H2,(H2,4,5). The van der Waals surface area contributed by atoms with Crippen molar-refractivity contribution in [1.29, 1.82) is 0 Å². The summed E-state index contributed by atoms with van der Waals surface area (Å²) in [6.07, 6.45) is 4.98. The van der Waals surface area contributed by atoms with Crippen LogP contribution in [0.1, 0.15) is 62.4 Å². The molecule has 4 aromatic rings. The molecular weight excluding hydrogens is 530 g/mol. The zero-order valence-corrected chi connectivity index (χ0v) is 24.6. The largest absolute Gasteiger partial charge is 0.473 e. The number of nitrogens with two attached hydrogens (primary N) is 1. The zero-order chi connectivity index (χ0) is 30.3. The second-order valence-corrected chi connectivity index (χ2v) is 11.1. The van der Waals surface area contributed by atoms with Gasteiger partial charge >= 0.3 is 0 Å². The molecule has 1 saturated heterocycles. The predicted molar refractivity (Wildman–Crippen MR) is 166 cm³/mol. The number of hydrogen-bond acceptors (Lipinski definition) is 7. The molecule has 10 nitrogen and oxygen atoms in total. The minimum Gasteiger partial charge on any atom is -0.473 e. The summed E-state index contributed by atoms with van der Waals surface area (Å²) in [6, 6.07) is 18.7. The number of primary amides is 1. The maximum Gasteiger partial charge on any atom is 0.255 e. The molecule has 2 aromatic heterocycles. The number of carbonyl (C=O) groups excluding carboxylic acids is 2. The first-order chi connectivity index (χ1) is 20.0. The Balaban J connectivity index is 0.000000748. The van der Waals surface area contributed by atoms with Crippen molar-refractivity contribution in [3.63, 3.8) is 0 Å². The van der Waals surface area contributed by atoms with E-state index in [1.165, 1.54) is 0 Å². The summed E-state index contributed by atoms with van der Waals surface area (Å²) in [7, 11) is 0. The summed E-state index contributed by atoms with van der Waals surface area (Å²) in [5.74, 6) is 0.935. The van der Waals surface area contributed by atoms with Crippen molar-refractivity contribution in [1.82, 2.24) is 19.9 Å². The number of aromatic nitrogens is 3. The number of carbonyl (C=O) groups is 2. The monoisotopic (exact) mass is 569 g/mol. The number of fused-ring (bicyclic) bond motifs is 1. The minimum atomic E-state index is -0.481. The van der Waals surface area contributed by atoms with Crippen molar-refractivity contribution in [2.24, 2.45) is 5.73 Å². The van der Waals surface area contributed by atoms with E-state index in [0.717, 1.165) is 48.2 Å². The summed E-state index contributed by atoms with van der Waals surface area (Å²) < 4.78 is 8.16. The van der Waals surface area contributed by atoms with Crippen molar-refractivity contribution in [2.45, 2.75) is 58.1 Å². The van der Waals surface area contributed by atoms with Gasteiger partial charge in [-0.2, -0.15) is 14.6 Å². The summed E-state index contributed by atoms with van der Waals surface area (Å²) >= 11 is 0. The predicted octanol–water partition coefficient (Wildman–Crippen LogP) is 5.42. The molecule has 0 saturated carbocycles. The van der Waals surface area contributed by atoms with Crippen molar-refractivity contribution in [3.8, 4) is 5.88 Å². The molecule has 1 atom stereocenters. The van der Waals surface area contributed by atoms with Gasteiger partial charge < -0.3 is 26.4 Å². The first-order valence-corrected chi connectivity index (χ1v) is 14.0. The Kier molecular flexibility index (Phi) is 9.59.